The van der Waals surface area contributed by atoms with Crippen molar-refractivity contribution in [2.45, 2.75) is 50.7 Å². The first-order chi connectivity index (χ1) is 17.2. The topological polar surface area (TPSA) is 135 Å². The van der Waals surface area contributed by atoms with Gasteiger partial charge in [-0.1, -0.05) is 0 Å². The molecule has 1 saturated carbocycles. The van der Waals surface area contributed by atoms with Gasteiger partial charge < -0.3 is 19.3 Å². The molecule has 3 amide bonds. The molecule has 0 radical (unpaired) electrons. The van der Waals surface area contributed by atoms with Gasteiger partial charge in [0, 0.05) is 39.2 Å². The summed E-state index contributed by atoms with van der Waals surface area (Å²) in [6.45, 7) is 3.45. The van der Waals surface area contributed by atoms with Gasteiger partial charge in [0.15, 0.2) is 5.82 Å². The van der Waals surface area contributed by atoms with Crippen LogP contribution in [-0.2, 0) is 4.74 Å². The predicted molar refractivity (Wildman–Crippen MR) is 125 cm³/mol. The minimum absolute atomic E-state index is 0.125. The molecule has 0 bridgehead atoms. The number of halogens is 2. The molecule has 2 aliphatic rings. The van der Waals surface area contributed by atoms with E-state index in [4.69, 9.17) is 9.47 Å². The van der Waals surface area contributed by atoms with E-state index in [1.165, 1.54) is 24.7 Å². The second kappa shape index (κ2) is 10.8. The number of nitrogens with zero attached hydrogens (tertiary/aromatic N) is 6. The molecule has 4 rings (SSSR count). The first-order valence-electron chi connectivity index (χ1n) is 11.6. The van der Waals surface area contributed by atoms with Gasteiger partial charge >= 0.3 is 12.1 Å². The van der Waals surface area contributed by atoms with Crippen molar-refractivity contribution in [3.8, 4) is 5.88 Å². The second-order valence-corrected chi connectivity index (χ2v) is 8.61. The smallest absolute Gasteiger partial charge is 0.413 e. The van der Waals surface area contributed by atoms with Gasteiger partial charge in [0.2, 0.25) is 11.8 Å². The molecule has 1 aliphatic carbocycles. The third-order valence-corrected chi connectivity index (χ3v) is 5.90. The van der Waals surface area contributed by atoms with Crippen LogP contribution >= 0.6 is 0 Å². The number of ether oxygens (including phenoxy) is 2. The molecule has 2 N–H and O–H groups in total. The molecule has 36 heavy (non-hydrogen) atoms. The maximum absolute atomic E-state index is 12.9. The molecule has 2 aromatic heterocycles. The average molecular weight is 507 g/mol. The summed E-state index contributed by atoms with van der Waals surface area (Å²) in [5.74, 6) is -1.52. The molecular formula is C22H28F2N8O4. The Labute approximate surface area is 206 Å². The van der Waals surface area contributed by atoms with E-state index in [1.807, 2.05) is 11.8 Å². The molecular weight excluding hydrogens is 478 g/mol. The zero-order valence-corrected chi connectivity index (χ0v) is 20.0. The van der Waals surface area contributed by atoms with Crippen molar-refractivity contribution in [2.75, 3.05) is 42.3 Å². The van der Waals surface area contributed by atoms with E-state index in [2.05, 4.69) is 30.6 Å². The standard InChI is InChI=1S/C22H28F2N8O4/c1-3-35-18-12-26-17(11-27-18)29-20(33)31(2)14-5-4-8-32(13-14)19-25-7-6-16(28-19)30-21(34)36-15-9-22(23,24)10-15/h6-7,11-12,14-15H,3-5,8-10,13H2,1-2H3,(H,26,29,33)(H,25,28,30,34)/t14-/m1/s1. The number of piperidine rings is 1. The van der Waals surface area contributed by atoms with Gasteiger partial charge in [-0.25, -0.2) is 33.3 Å². The number of anilines is 3. The van der Waals surface area contributed by atoms with Crippen molar-refractivity contribution < 1.29 is 27.8 Å². The van der Waals surface area contributed by atoms with Gasteiger partial charge in [-0.3, -0.25) is 10.6 Å². The summed E-state index contributed by atoms with van der Waals surface area (Å²) in [7, 11) is 1.70. The molecule has 194 valence electrons. The van der Waals surface area contributed by atoms with Gasteiger partial charge in [-0.05, 0) is 25.8 Å². The highest BCUT2D eigenvalue weighted by Gasteiger charge is 2.47. The molecule has 0 unspecified atom stereocenters. The van der Waals surface area contributed by atoms with Crippen molar-refractivity contribution in [3.05, 3.63) is 24.7 Å². The van der Waals surface area contributed by atoms with Crippen LogP contribution in [-0.4, -0.2) is 81.8 Å². The van der Waals surface area contributed by atoms with E-state index in [0.717, 1.165) is 12.8 Å². The second-order valence-electron chi connectivity index (χ2n) is 8.61. The van der Waals surface area contributed by atoms with Gasteiger partial charge in [0.05, 0.1) is 25.0 Å². The van der Waals surface area contributed by atoms with Crippen LogP contribution in [0, 0.1) is 0 Å². The fourth-order valence-electron chi connectivity index (χ4n) is 3.96. The highest BCUT2D eigenvalue weighted by Crippen LogP contribution is 2.39. The number of rotatable bonds is 7. The molecule has 3 heterocycles. The number of nitrogens with one attached hydrogen (secondary N) is 2. The lowest BCUT2D eigenvalue weighted by atomic mass is 9.91. The summed E-state index contributed by atoms with van der Waals surface area (Å²) < 4.78 is 36.1. The van der Waals surface area contributed by atoms with Crippen LogP contribution in [0.15, 0.2) is 24.7 Å². The largest absolute Gasteiger partial charge is 0.477 e. The first kappa shape index (κ1) is 25.3. The quantitative estimate of drug-likeness (QED) is 0.581. The SMILES string of the molecule is CCOc1cnc(NC(=O)N(C)[C@@H]2CCCN(c3nccc(NC(=O)OC4CC(F)(F)C4)n3)C2)cn1. The van der Waals surface area contributed by atoms with E-state index in [-0.39, 0.29) is 17.9 Å². The van der Waals surface area contributed by atoms with Crippen molar-refractivity contribution in [3.63, 3.8) is 0 Å². The zero-order valence-electron chi connectivity index (χ0n) is 20.0. The number of aromatic nitrogens is 4. The Morgan fingerprint density at radius 2 is 2.00 bits per heavy atom. The molecule has 12 nitrogen and oxygen atoms in total. The summed E-state index contributed by atoms with van der Waals surface area (Å²) in [5.41, 5.74) is 0. The maximum Gasteiger partial charge on any atom is 0.413 e. The lowest BCUT2D eigenvalue weighted by Crippen LogP contribution is -2.50. The summed E-state index contributed by atoms with van der Waals surface area (Å²) in [5, 5.41) is 5.18. The Hall–Kier alpha value is -3.84. The Morgan fingerprint density at radius 3 is 2.69 bits per heavy atom. The molecule has 1 atom stereocenters. The van der Waals surface area contributed by atoms with Crippen molar-refractivity contribution in [1.82, 2.24) is 24.8 Å². The summed E-state index contributed by atoms with van der Waals surface area (Å²) in [6, 6.07) is 1.03. The Kier molecular flexibility index (Phi) is 7.60. The normalized spacial score (nSPS) is 19.1. The Balaban J connectivity index is 1.31. The van der Waals surface area contributed by atoms with Gasteiger partial charge in [-0.15, -0.1) is 0 Å². The van der Waals surface area contributed by atoms with E-state index in [0.29, 0.717) is 37.3 Å². The number of alkyl halides is 2. The van der Waals surface area contributed by atoms with Crippen LogP contribution in [0.3, 0.4) is 0 Å². The molecule has 1 aliphatic heterocycles. The Morgan fingerprint density at radius 1 is 1.19 bits per heavy atom. The van der Waals surface area contributed by atoms with Crippen LogP contribution in [0.1, 0.15) is 32.6 Å². The van der Waals surface area contributed by atoms with E-state index >= 15 is 0 Å². The minimum atomic E-state index is -2.77. The van der Waals surface area contributed by atoms with Crippen LogP contribution in [0.25, 0.3) is 0 Å². The monoisotopic (exact) mass is 506 g/mol. The van der Waals surface area contributed by atoms with Crippen LogP contribution in [0.4, 0.5) is 36.0 Å². The lowest BCUT2D eigenvalue weighted by molar-refractivity contribution is -0.142. The van der Waals surface area contributed by atoms with Crippen molar-refractivity contribution in [2.24, 2.45) is 0 Å². The fourth-order valence-corrected chi connectivity index (χ4v) is 3.96. The predicted octanol–water partition coefficient (Wildman–Crippen LogP) is 3.14. The third kappa shape index (κ3) is 6.43. The van der Waals surface area contributed by atoms with E-state index in [9.17, 15) is 18.4 Å². The molecule has 1 saturated heterocycles. The average Bonchev–Trinajstić information content (AvgIpc) is 2.84. The summed E-state index contributed by atoms with van der Waals surface area (Å²) >= 11 is 0. The highest BCUT2D eigenvalue weighted by atomic mass is 19.3. The lowest BCUT2D eigenvalue weighted by Gasteiger charge is -2.37. The maximum atomic E-state index is 12.9. The Bertz CT molecular complexity index is 1070. The van der Waals surface area contributed by atoms with Gasteiger partial charge in [0.1, 0.15) is 11.9 Å². The molecule has 2 fully saturated rings. The van der Waals surface area contributed by atoms with Gasteiger partial charge in [0.25, 0.3) is 5.92 Å². The number of hydrogen-bond acceptors (Lipinski definition) is 9. The van der Waals surface area contributed by atoms with Crippen LogP contribution < -0.4 is 20.3 Å². The van der Waals surface area contributed by atoms with E-state index < -0.39 is 31.0 Å². The third-order valence-electron chi connectivity index (χ3n) is 5.90. The number of hydrogen-bond donors (Lipinski definition) is 2. The number of carbonyl (C=O) groups excluding carboxylic acids is 2. The minimum Gasteiger partial charge on any atom is -0.477 e. The summed E-state index contributed by atoms with van der Waals surface area (Å²) in [6.07, 6.45) is 3.34. The van der Waals surface area contributed by atoms with E-state index in [1.54, 1.807) is 11.9 Å². The number of amides is 3. The van der Waals surface area contributed by atoms with Crippen molar-refractivity contribution in [1.29, 1.82) is 0 Å². The highest BCUT2D eigenvalue weighted by molar-refractivity contribution is 5.88. The molecule has 14 heteroatoms. The molecule has 0 spiro atoms. The van der Waals surface area contributed by atoms with Crippen molar-refractivity contribution >= 4 is 29.7 Å². The van der Waals surface area contributed by atoms with Crippen LogP contribution in [0.2, 0.25) is 0 Å². The fraction of sp³-hybridized carbons (Fsp3) is 0.545. The summed E-state index contributed by atoms with van der Waals surface area (Å²) in [4.78, 5) is 45.1. The zero-order chi connectivity index (χ0) is 25.7. The van der Waals surface area contributed by atoms with Gasteiger partial charge in [-0.2, -0.15) is 4.98 Å². The number of likely N-dealkylation sites (N-methyl/N-ethyl adjacent to an activating group) is 1. The number of urea groups is 1. The molecule has 0 aromatic carbocycles. The molecule has 2 aromatic rings. The number of carbonyl (C=O) groups is 2. The van der Waals surface area contributed by atoms with Crippen LogP contribution in [0.5, 0.6) is 5.88 Å². The first-order valence-corrected chi connectivity index (χ1v) is 11.6.